The number of halogens is 1. The molecule has 1 heterocycles. The van der Waals surface area contributed by atoms with Crippen LogP contribution in [0.25, 0.3) is 0 Å². The van der Waals surface area contributed by atoms with Gasteiger partial charge in [-0.3, -0.25) is 0 Å². The lowest BCUT2D eigenvalue weighted by Crippen LogP contribution is -2.39. The average molecular weight is 291 g/mol. The SMILES string of the molecule is CC1(C)C2CCC1(C)C(Oc1nccc(C#N)c1Cl)C2. The molecule has 0 aromatic carbocycles. The Morgan fingerprint density at radius 3 is 2.75 bits per heavy atom. The van der Waals surface area contributed by atoms with Gasteiger partial charge in [-0.1, -0.05) is 32.4 Å². The summed E-state index contributed by atoms with van der Waals surface area (Å²) < 4.78 is 6.13. The Bertz CT molecular complexity index is 593. The van der Waals surface area contributed by atoms with E-state index in [2.05, 4.69) is 31.8 Å². The molecule has 106 valence electrons. The number of rotatable bonds is 2. The molecule has 3 unspecified atom stereocenters. The maximum Gasteiger partial charge on any atom is 0.234 e. The molecule has 2 fully saturated rings. The largest absolute Gasteiger partial charge is 0.473 e. The summed E-state index contributed by atoms with van der Waals surface area (Å²) in [5, 5.41) is 9.36. The van der Waals surface area contributed by atoms with E-state index in [0.29, 0.717) is 22.4 Å². The Labute approximate surface area is 124 Å². The maximum absolute atomic E-state index is 9.02. The number of hydrogen-bond acceptors (Lipinski definition) is 3. The third-order valence-corrected chi connectivity index (χ3v) is 6.31. The minimum absolute atomic E-state index is 0.134. The van der Waals surface area contributed by atoms with Crippen LogP contribution in [-0.2, 0) is 0 Å². The molecule has 3 atom stereocenters. The average Bonchev–Trinajstić information content (AvgIpc) is 2.74. The van der Waals surface area contributed by atoms with E-state index in [1.807, 2.05) is 0 Å². The van der Waals surface area contributed by atoms with Crippen molar-refractivity contribution in [3.05, 3.63) is 22.8 Å². The van der Waals surface area contributed by atoms with Crippen LogP contribution < -0.4 is 4.74 Å². The van der Waals surface area contributed by atoms with Gasteiger partial charge in [0.05, 0.1) is 5.56 Å². The second kappa shape index (κ2) is 4.36. The summed E-state index contributed by atoms with van der Waals surface area (Å²) in [4.78, 5) is 4.21. The van der Waals surface area contributed by atoms with E-state index in [4.69, 9.17) is 21.6 Å². The van der Waals surface area contributed by atoms with Crippen LogP contribution in [0.1, 0.15) is 45.6 Å². The number of aromatic nitrogens is 1. The molecule has 2 aliphatic carbocycles. The fourth-order valence-corrected chi connectivity index (χ4v) is 4.23. The zero-order valence-electron chi connectivity index (χ0n) is 12.1. The predicted molar refractivity (Wildman–Crippen MR) is 77.6 cm³/mol. The molecule has 0 spiro atoms. The second-order valence-electron chi connectivity index (χ2n) is 6.81. The number of pyridine rings is 1. The maximum atomic E-state index is 9.02. The predicted octanol–water partition coefficient (Wildman–Crippen LogP) is 4.20. The quantitative estimate of drug-likeness (QED) is 0.820. The molecule has 0 aliphatic heterocycles. The molecule has 3 nitrogen and oxygen atoms in total. The highest BCUT2D eigenvalue weighted by molar-refractivity contribution is 6.32. The van der Waals surface area contributed by atoms with Crippen LogP contribution in [0.15, 0.2) is 12.3 Å². The minimum atomic E-state index is 0.134. The molecule has 1 aromatic heterocycles. The molecule has 0 radical (unpaired) electrons. The van der Waals surface area contributed by atoms with Crippen LogP contribution in [0.5, 0.6) is 5.88 Å². The Morgan fingerprint density at radius 2 is 2.20 bits per heavy atom. The summed E-state index contributed by atoms with van der Waals surface area (Å²) in [6, 6.07) is 3.68. The van der Waals surface area contributed by atoms with Crippen molar-refractivity contribution in [1.29, 1.82) is 5.26 Å². The van der Waals surface area contributed by atoms with Gasteiger partial charge in [0.25, 0.3) is 0 Å². The third kappa shape index (κ3) is 1.67. The fourth-order valence-electron chi connectivity index (χ4n) is 4.04. The van der Waals surface area contributed by atoms with Crippen LogP contribution in [0, 0.1) is 28.1 Å². The van der Waals surface area contributed by atoms with Gasteiger partial charge in [0.2, 0.25) is 5.88 Å². The molecule has 0 amide bonds. The number of hydrogen-bond donors (Lipinski definition) is 0. The van der Waals surface area contributed by atoms with Gasteiger partial charge in [0, 0.05) is 11.6 Å². The van der Waals surface area contributed by atoms with E-state index in [1.54, 1.807) is 12.3 Å². The molecule has 0 saturated heterocycles. The monoisotopic (exact) mass is 290 g/mol. The highest BCUT2D eigenvalue weighted by Gasteiger charge is 2.62. The molecule has 20 heavy (non-hydrogen) atoms. The summed E-state index contributed by atoms with van der Waals surface area (Å²) in [6.07, 6.45) is 5.24. The van der Waals surface area contributed by atoms with E-state index in [-0.39, 0.29) is 16.9 Å². The molecule has 2 saturated carbocycles. The van der Waals surface area contributed by atoms with Crippen molar-refractivity contribution >= 4 is 11.6 Å². The Morgan fingerprint density at radius 1 is 1.45 bits per heavy atom. The lowest BCUT2D eigenvalue weighted by Gasteiger charge is -2.38. The van der Waals surface area contributed by atoms with E-state index >= 15 is 0 Å². The highest BCUT2D eigenvalue weighted by atomic mass is 35.5. The van der Waals surface area contributed by atoms with Crippen molar-refractivity contribution < 1.29 is 4.74 Å². The highest BCUT2D eigenvalue weighted by Crippen LogP contribution is 2.66. The van der Waals surface area contributed by atoms with E-state index < -0.39 is 0 Å². The van der Waals surface area contributed by atoms with Gasteiger partial charge >= 0.3 is 0 Å². The number of nitriles is 1. The van der Waals surface area contributed by atoms with Crippen LogP contribution in [0.4, 0.5) is 0 Å². The number of ether oxygens (including phenoxy) is 1. The normalized spacial score (nSPS) is 34.0. The first-order valence-corrected chi connectivity index (χ1v) is 7.49. The van der Waals surface area contributed by atoms with Crippen molar-refractivity contribution in [2.24, 2.45) is 16.7 Å². The lowest BCUT2D eigenvalue weighted by molar-refractivity contribution is 0.0274. The van der Waals surface area contributed by atoms with Crippen molar-refractivity contribution in [3.8, 4) is 11.9 Å². The van der Waals surface area contributed by atoms with Crippen LogP contribution in [0.3, 0.4) is 0 Å². The fraction of sp³-hybridized carbons (Fsp3) is 0.625. The number of nitrogens with zero attached hydrogens (tertiary/aromatic N) is 2. The van der Waals surface area contributed by atoms with E-state index in [1.165, 1.54) is 12.8 Å². The number of fused-ring (bicyclic) bond motifs is 2. The zero-order valence-corrected chi connectivity index (χ0v) is 12.9. The van der Waals surface area contributed by atoms with Crippen LogP contribution >= 0.6 is 11.6 Å². The van der Waals surface area contributed by atoms with Gasteiger partial charge in [-0.15, -0.1) is 0 Å². The van der Waals surface area contributed by atoms with Crippen LogP contribution in [0.2, 0.25) is 5.02 Å². The summed E-state index contributed by atoms with van der Waals surface area (Å²) in [7, 11) is 0. The molecule has 4 heteroatoms. The van der Waals surface area contributed by atoms with Gasteiger partial charge < -0.3 is 4.74 Å². The van der Waals surface area contributed by atoms with Crippen molar-refractivity contribution in [2.45, 2.75) is 46.1 Å². The zero-order chi connectivity index (χ0) is 14.5. The summed E-state index contributed by atoms with van der Waals surface area (Å²) in [5.74, 6) is 1.11. The molecular formula is C16H19ClN2O. The van der Waals surface area contributed by atoms with Crippen LogP contribution in [-0.4, -0.2) is 11.1 Å². The lowest BCUT2D eigenvalue weighted by atomic mass is 9.70. The minimum Gasteiger partial charge on any atom is -0.473 e. The first kappa shape index (κ1) is 13.7. The van der Waals surface area contributed by atoms with Crippen molar-refractivity contribution in [2.75, 3.05) is 0 Å². The summed E-state index contributed by atoms with van der Waals surface area (Å²) >= 11 is 6.20. The Hall–Kier alpha value is -1.27. The van der Waals surface area contributed by atoms with Crippen molar-refractivity contribution in [3.63, 3.8) is 0 Å². The van der Waals surface area contributed by atoms with E-state index in [0.717, 1.165) is 6.42 Å². The molecule has 3 rings (SSSR count). The standard InChI is InChI=1S/C16H19ClN2O/c1-15(2)11-4-6-16(15,3)12(8-11)20-14-13(17)10(9-18)5-7-19-14/h5,7,11-12H,4,6,8H2,1-3H3. The van der Waals surface area contributed by atoms with E-state index in [9.17, 15) is 0 Å². The van der Waals surface area contributed by atoms with Gasteiger partial charge in [0.15, 0.2) is 0 Å². The third-order valence-electron chi connectivity index (χ3n) is 5.95. The molecular weight excluding hydrogens is 272 g/mol. The van der Waals surface area contributed by atoms with Gasteiger partial charge in [-0.2, -0.15) is 5.26 Å². The molecule has 1 aromatic rings. The first-order valence-electron chi connectivity index (χ1n) is 7.11. The second-order valence-corrected chi connectivity index (χ2v) is 7.18. The van der Waals surface area contributed by atoms with Gasteiger partial charge in [-0.05, 0) is 36.7 Å². The first-order chi connectivity index (χ1) is 9.40. The smallest absolute Gasteiger partial charge is 0.234 e. The van der Waals surface area contributed by atoms with Gasteiger partial charge in [0.1, 0.15) is 17.2 Å². The van der Waals surface area contributed by atoms with Crippen molar-refractivity contribution in [1.82, 2.24) is 4.98 Å². The molecule has 2 bridgehead atoms. The van der Waals surface area contributed by atoms with Gasteiger partial charge in [-0.25, -0.2) is 4.98 Å². The topological polar surface area (TPSA) is 45.9 Å². The summed E-state index contributed by atoms with van der Waals surface area (Å²) in [6.45, 7) is 7.00. The Kier molecular flexibility index (Phi) is 2.99. The molecule has 0 N–H and O–H groups in total. The molecule has 2 aliphatic rings. The summed E-state index contributed by atoms with van der Waals surface area (Å²) in [5.41, 5.74) is 0.867. The Balaban J connectivity index is 1.90.